The molecular formula is C26H38N4O. The number of aryl methyl sites for hydroxylation is 1. The molecule has 1 aliphatic carbocycles. The lowest BCUT2D eigenvalue weighted by atomic mass is 9.94. The maximum Gasteiger partial charge on any atom is 0.0702 e. The average molecular weight is 423 g/mol. The molecule has 2 fully saturated rings. The van der Waals surface area contributed by atoms with E-state index in [1.807, 2.05) is 12.3 Å². The van der Waals surface area contributed by atoms with E-state index in [9.17, 15) is 0 Å². The smallest absolute Gasteiger partial charge is 0.0702 e. The van der Waals surface area contributed by atoms with E-state index in [0.717, 1.165) is 44.6 Å². The molecule has 31 heavy (non-hydrogen) atoms. The van der Waals surface area contributed by atoms with Crippen LogP contribution in [0.5, 0.6) is 0 Å². The molecule has 0 bridgehead atoms. The minimum atomic E-state index is 0.446. The van der Waals surface area contributed by atoms with Crippen LogP contribution >= 0.6 is 0 Å². The van der Waals surface area contributed by atoms with Gasteiger partial charge in [-0.1, -0.05) is 24.3 Å². The number of likely N-dealkylation sites (tertiary alicyclic amines) is 1. The van der Waals surface area contributed by atoms with Crippen LogP contribution in [-0.2, 0) is 24.1 Å². The fraction of sp³-hybridized carbons (Fsp3) is 0.654. The van der Waals surface area contributed by atoms with E-state index in [1.54, 1.807) is 11.1 Å². The van der Waals surface area contributed by atoms with Gasteiger partial charge >= 0.3 is 0 Å². The van der Waals surface area contributed by atoms with Crippen LogP contribution in [0.2, 0.25) is 0 Å². The van der Waals surface area contributed by atoms with Gasteiger partial charge < -0.3 is 9.64 Å². The van der Waals surface area contributed by atoms with Gasteiger partial charge in [0, 0.05) is 51.2 Å². The Labute approximate surface area is 187 Å². The van der Waals surface area contributed by atoms with E-state index in [-0.39, 0.29) is 0 Å². The molecule has 168 valence electrons. The molecule has 0 saturated carbocycles. The molecule has 1 aromatic heterocycles. The summed E-state index contributed by atoms with van der Waals surface area (Å²) >= 11 is 0. The highest BCUT2D eigenvalue weighted by Gasteiger charge is 2.30. The van der Waals surface area contributed by atoms with E-state index < -0.39 is 0 Å². The molecule has 5 rings (SSSR count). The van der Waals surface area contributed by atoms with Gasteiger partial charge in [0.15, 0.2) is 0 Å². The van der Waals surface area contributed by atoms with Gasteiger partial charge in [-0.3, -0.25) is 9.58 Å². The van der Waals surface area contributed by atoms with Gasteiger partial charge in [0.2, 0.25) is 0 Å². The summed E-state index contributed by atoms with van der Waals surface area (Å²) in [5.74, 6) is 0.825. The topological polar surface area (TPSA) is 33.5 Å². The number of nitrogens with zero attached hydrogens (tertiary/aromatic N) is 4. The van der Waals surface area contributed by atoms with Crippen LogP contribution in [0, 0.1) is 5.92 Å². The lowest BCUT2D eigenvalue weighted by Gasteiger charge is -2.38. The van der Waals surface area contributed by atoms with Crippen LogP contribution in [0.1, 0.15) is 43.2 Å². The number of piperidine rings is 1. The monoisotopic (exact) mass is 422 g/mol. The number of ether oxygens (including phenoxy) is 1. The van der Waals surface area contributed by atoms with Gasteiger partial charge in [-0.2, -0.15) is 5.10 Å². The molecule has 3 aliphatic rings. The number of hydrogen-bond acceptors (Lipinski definition) is 4. The van der Waals surface area contributed by atoms with Gasteiger partial charge in [-0.15, -0.1) is 0 Å². The standard InChI is InChI=1S/C26H38N4O/c1-2-7-24-19-25(18-23(24)6-1)29-15-9-22(10-16-29)20-28(21-26-8-3-17-31-26)12-5-14-30-13-4-11-27-30/h1-2,4,6-7,11,13,22,25-26H,3,5,8-10,12,14-21H2/t26-/m1/s1. The molecule has 0 radical (unpaired) electrons. The Hall–Kier alpha value is -1.69. The van der Waals surface area contributed by atoms with Crippen LogP contribution in [0.15, 0.2) is 42.7 Å². The number of aromatic nitrogens is 2. The highest BCUT2D eigenvalue weighted by Crippen LogP contribution is 2.29. The first-order valence-electron chi connectivity index (χ1n) is 12.5. The molecule has 0 unspecified atom stereocenters. The van der Waals surface area contributed by atoms with Gasteiger partial charge in [0.1, 0.15) is 0 Å². The van der Waals surface area contributed by atoms with Crippen molar-refractivity contribution in [2.24, 2.45) is 5.92 Å². The molecule has 1 atom stereocenters. The van der Waals surface area contributed by atoms with Crippen molar-refractivity contribution < 1.29 is 4.74 Å². The first-order chi connectivity index (χ1) is 15.3. The lowest BCUT2D eigenvalue weighted by Crippen LogP contribution is -2.45. The third-order valence-electron chi connectivity index (χ3n) is 7.62. The highest BCUT2D eigenvalue weighted by atomic mass is 16.5. The summed E-state index contributed by atoms with van der Waals surface area (Å²) in [4.78, 5) is 5.48. The van der Waals surface area contributed by atoms with Crippen LogP contribution in [0.4, 0.5) is 0 Å². The van der Waals surface area contributed by atoms with Crippen molar-refractivity contribution in [3.8, 4) is 0 Å². The van der Waals surface area contributed by atoms with E-state index in [1.165, 1.54) is 58.2 Å². The Morgan fingerprint density at radius 3 is 2.48 bits per heavy atom. The largest absolute Gasteiger partial charge is 0.377 e. The van der Waals surface area contributed by atoms with Crippen molar-refractivity contribution in [3.63, 3.8) is 0 Å². The Kier molecular flexibility index (Phi) is 7.02. The summed E-state index contributed by atoms with van der Waals surface area (Å²) in [5, 5.41) is 4.36. The van der Waals surface area contributed by atoms with Gasteiger partial charge in [-0.05, 0) is 81.1 Å². The van der Waals surface area contributed by atoms with Crippen molar-refractivity contribution in [3.05, 3.63) is 53.9 Å². The normalized spacial score (nSPS) is 23.1. The maximum atomic E-state index is 5.97. The molecule has 0 amide bonds. The van der Waals surface area contributed by atoms with E-state index in [0.29, 0.717) is 6.10 Å². The molecule has 5 nitrogen and oxygen atoms in total. The zero-order valence-electron chi connectivity index (χ0n) is 18.9. The van der Waals surface area contributed by atoms with Gasteiger partial charge in [0.05, 0.1) is 6.10 Å². The first-order valence-corrected chi connectivity index (χ1v) is 12.5. The Balaban J connectivity index is 1.10. The summed E-state index contributed by atoms with van der Waals surface area (Å²) in [6.45, 7) is 7.99. The fourth-order valence-electron chi connectivity index (χ4n) is 5.88. The predicted octanol–water partition coefficient (Wildman–Crippen LogP) is 3.63. The Morgan fingerprint density at radius 1 is 1.00 bits per heavy atom. The molecule has 0 spiro atoms. The number of fused-ring (bicyclic) bond motifs is 1. The van der Waals surface area contributed by atoms with Crippen molar-refractivity contribution >= 4 is 0 Å². The maximum absolute atomic E-state index is 5.97. The van der Waals surface area contributed by atoms with Gasteiger partial charge in [0.25, 0.3) is 0 Å². The minimum absolute atomic E-state index is 0.446. The summed E-state index contributed by atoms with van der Waals surface area (Å²) < 4.78 is 8.03. The van der Waals surface area contributed by atoms with Crippen molar-refractivity contribution in [1.82, 2.24) is 19.6 Å². The second-order valence-electron chi connectivity index (χ2n) is 9.83. The SMILES string of the molecule is c1ccc2c(c1)CC(N1CCC(CN(CCCn3cccn3)C[C@H]3CCCO3)CC1)C2. The van der Waals surface area contributed by atoms with E-state index in [2.05, 4.69) is 50.0 Å². The van der Waals surface area contributed by atoms with E-state index >= 15 is 0 Å². The summed E-state index contributed by atoms with van der Waals surface area (Å²) in [6, 6.07) is 11.8. The van der Waals surface area contributed by atoms with Gasteiger partial charge in [-0.25, -0.2) is 0 Å². The Morgan fingerprint density at radius 2 is 1.81 bits per heavy atom. The molecular weight excluding hydrogens is 384 g/mol. The summed E-state index contributed by atoms with van der Waals surface area (Å²) in [5.41, 5.74) is 3.16. The molecule has 3 heterocycles. The third-order valence-corrected chi connectivity index (χ3v) is 7.62. The van der Waals surface area contributed by atoms with Crippen LogP contribution < -0.4 is 0 Å². The third kappa shape index (κ3) is 5.57. The minimum Gasteiger partial charge on any atom is -0.377 e. The van der Waals surface area contributed by atoms with Crippen molar-refractivity contribution in [2.75, 3.05) is 39.3 Å². The van der Waals surface area contributed by atoms with Crippen molar-refractivity contribution in [2.45, 2.75) is 63.6 Å². The zero-order chi connectivity index (χ0) is 20.9. The molecule has 2 saturated heterocycles. The van der Waals surface area contributed by atoms with E-state index in [4.69, 9.17) is 4.74 Å². The highest BCUT2D eigenvalue weighted by molar-refractivity contribution is 5.33. The second kappa shape index (κ2) is 10.3. The zero-order valence-corrected chi connectivity index (χ0v) is 18.9. The summed E-state index contributed by atoms with van der Waals surface area (Å²) in [7, 11) is 0. The average Bonchev–Trinajstić information content (AvgIpc) is 3.56. The van der Waals surface area contributed by atoms with Crippen molar-refractivity contribution in [1.29, 1.82) is 0 Å². The fourth-order valence-corrected chi connectivity index (χ4v) is 5.88. The van der Waals surface area contributed by atoms with Crippen LogP contribution in [0.3, 0.4) is 0 Å². The van der Waals surface area contributed by atoms with Crippen LogP contribution in [-0.4, -0.2) is 71.1 Å². The number of rotatable bonds is 9. The molecule has 2 aliphatic heterocycles. The first kappa shape index (κ1) is 21.2. The summed E-state index contributed by atoms with van der Waals surface area (Å²) in [6.07, 6.45) is 13.2. The molecule has 0 N–H and O–H groups in total. The molecule has 2 aromatic rings. The second-order valence-corrected chi connectivity index (χ2v) is 9.83. The molecule has 1 aromatic carbocycles. The molecule has 5 heteroatoms. The Bertz CT molecular complexity index is 768. The number of hydrogen-bond donors (Lipinski definition) is 0. The predicted molar refractivity (Wildman–Crippen MR) is 124 cm³/mol. The number of benzene rings is 1. The van der Waals surface area contributed by atoms with Crippen LogP contribution in [0.25, 0.3) is 0 Å². The quantitative estimate of drug-likeness (QED) is 0.618. The lowest BCUT2D eigenvalue weighted by molar-refractivity contribution is 0.0561.